The third-order valence-electron chi connectivity index (χ3n) is 2.24. The Morgan fingerprint density at radius 2 is 2.31 bits per heavy atom. The predicted molar refractivity (Wildman–Crippen MR) is 59.6 cm³/mol. The maximum absolute atomic E-state index is 13.7. The van der Waals surface area contributed by atoms with Crippen molar-refractivity contribution in [2.24, 2.45) is 0 Å². The fourth-order valence-corrected chi connectivity index (χ4v) is 1.78. The number of esters is 1. The second kappa shape index (κ2) is 4.25. The molecule has 0 unspecified atom stereocenters. The molecule has 2 rings (SSSR count). The quantitative estimate of drug-likeness (QED) is 0.745. The highest BCUT2D eigenvalue weighted by Gasteiger charge is 2.21. The third kappa shape index (κ3) is 1.82. The fourth-order valence-electron chi connectivity index (χ4n) is 1.43. The lowest BCUT2D eigenvalue weighted by Gasteiger charge is -2.17. The minimum absolute atomic E-state index is 0.0980. The molecular weight excluding hydrogens is 279 g/mol. The van der Waals surface area contributed by atoms with Crippen molar-refractivity contribution in [3.05, 3.63) is 33.6 Å². The molecule has 0 aliphatic carbocycles. The Morgan fingerprint density at radius 1 is 1.56 bits per heavy atom. The second-order valence-electron chi connectivity index (χ2n) is 3.22. The molecule has 0 aromatic heterocycles. The molecule has 0 amide bonds. The molecule has 5 heteroatoms. The van der Waals surface area contributed by atoms with Gasteiger partial charge >= 0.3 is 5.97 Å². The first-order chi connectivity index (χ1) is 7.63. The van der Waals surface area contributed by atoms with E-state index in [4.69, 9.17) is 4.74 Å². The van der Waals surface area contributed by atoms with E-state index in [1.165, 1.54) is 13.2 Å². The van der Waals surface area contributed by atoms with Crippen molar-refractivity contribution in [2.45, 2.75) is 0 Å². The summed E-state index contributed by atoms with van der Waals surface area (Å²) in [6.45, 7) is 0.0980. The van der Waals surface area contributed by atoms with Gasteiger partial charge in [-0.3, -0.25) is 0 Å². The highest BCUT2D eigenvalue weighted by molar-refractivity contribution is 9.10. The number of fused-ring (bicyclic) bond motifs is 1. The molecule has 1 aliphatic heterocycles. The Hall–Kier alpha value is -1.36. The minimum Gasteiger partial charge on any atom is -0.488 e. The average Bonchev–Trinajstić information content (AvgIpc) is 2.32. The number of carbonyl (C=O) groups is 1. The van der Waals surface area contributed by atoms with Crippen LogP contribution in [-0.2, 0) is 9.53 Å². The summed E-state index contributed by atoms with van der Waals surface area (Å²) in [6.07, 6.45) is 1.45. The fraction of sp³-hybridized carbons (Fsp3) is 0.182. The number of rotatable bonds is 1. The number of hydrogen-bond acceptors (Lipinski definition) is 3. The number of carbonyl (C=O) groups excluding carboxylic acids is 1. The smallest absolute Gasteiger partial charge is 0.337 e. The largest absolute Gasteiger partial charge is 0.488 e. The third-order valence-corrected chi connectivity index (χ3v) is 2.85. The van der Waals surface area contributed by atoms with Gasteiger partial charge in [0.05, 0.1) is 22.7 Å². The first kappa shape index (κ1) is 11.1. The first-order valence-electron chi connectivity index (χ1n) is 4.53. The van der Waals surface area contributed by atoms with E-state index >= 15 is 0 Å². The molecule has 0 atom stereocenters. The molecule has 0 N–H and O–H groups in total. The Balaban J connectivity index is 2.50. The van der Waals surface area contributed by atoms with Gasteiger partial charge in [0, 0.05) is 0 Å². The Kier molecular flexibility index (Phi) is 2.96. The molecule has 0 bridgehead atoms. The van der Waals surface area contributed by atoms with Crippen LogP contribution in [0.4, 0.5) is 4.39 Å². The number of ether oxygens (including phenoxy) is 2. The van der Waals surface area contributed by atoms with Crippen molar-refractivity contribution in [2.75, 3.05) is 13.7 Å². The average molecular weight is 287 g/mol. The lowest BCUT2D eigenvalue weighted by atomic mass is 10.1. The van der Waals surface area contributed by atoms with Gasteiger partial charge < -0.3 is 9.47 Å². The summed E-state index contributed by atoms with van der Waals surface area (Å²) >= 11 is 3.07. The van der Waals surface area contributed by atoms with E-state index in [2.05, 4.69) is 20.7 Å². The first-order valence-corrected chi connectivity index (χ1v) is 5.32. The maximum atomic E-state index is 13.7. The van der Waals surface area contributed by atoms with Crippen LogP contribution in [0.2, 0.25) is 0 Å². The van der Waals surface area contributed by atoms with Crippen LogP contribution >= 0.6 is 15.9 Å². The van der Waals surface area contributed by atoms with E-state index in [0.717, 1.165) is 0 Å². The van der Waals surface area contributed by atoms with E-state index in [0.29, 0.717) is 15.8 Å². The molecule has 1 heterocycles. The topological polar surface area (TPSA) is 35.5 Å². The highest BCUT2D eigenvalue weighted by Crippen LogP contribution is 2.32. The lowest BCUT2D eigenvalue weighted by Crippen LogP contribution is -2.16. The van der Waals surface area contributed by atoms with Gasteiger partial charge in [-0.1, -0.05) is 0 Å². The van der Waals surface area contributed by atoms with E-state index in [1.807, 2.05) is 0 Å². The Labute approximate surface area is 100.0 Å². The van der Waals surface area contributed by atoms with Crippen LogP contribution < -0.4 is 4.74 Å². The lowest BCUT2D eigenvalue weighted by molar-refractivity contribution is -0.136. The summed E-state index contributed by atoms with van der Waals surface area (Å²) in [7, 11) is 1.27. The zero-order valence-corrected chi connectivity index (χ0v) is 10.0. The van der Waals surface area contributed by atoms with Crippen molar-refractivity contribution < 1.29 is 18.7 Å². The van der Waals surface area contributed by atoms with E-state index in [1.54, 1.807) is 12.1 Å². The molecule has 0 saturated heterocycles. The van der Waals surface area contributed by atoms with Crippen molar-refractivity contribution in [1.29, 1.82) is 0 Å². The van der Waals surface area contributed by atoms with Gasteiger partial charge in [-0.15, -0.1) is 0 Å². The summed E-state index contributed by atoms with van der Waals surface area (Å²) in [4.78, 5) is 11.3. The van der Waals surface area contributed by atoms with Gasteiger partial charge in [0.2, 0.25) is 0 Å². The molecule has 16 heavy (non-hydrogen) atoms. The molecule has 0 spiro atoms. The second-order valence-corrected chi connectivity index (χ2v) is 4.08. The normalized spacial score (nSPS) is 13.6. The van der Waals surface area contributed by atoms with E-state index < -0.39 is 11.8 Å². The molecule has 1 aliphatic rings. The summed E-state index contributed by atoms with van der Waals surface area (Å²) in [5, 5.41) is 0. The molecule has 0 radical (unpaired) electrons. The van der Waals surface area contributed by atoms with Crippen LogP contribution in [-0.4, -0.2) is 19.7 Å². The molecule has 1 aromatic rings. The monoisotopic (exact) mass is 286 g/mol. The van der Waals surface area contributed by atoms with Gasteiger partial charge in [0.1, 0.15) is 18.2 Å². The van der Waals surface area contributed by atoms with Crippen molar-refractivity contribution in [1.82, 2.24) is 0 Å². The van der Waals surface area contributed by atoms with Crippen molar-refractivity contribution in [3.63, 3.8) is 0 Å². The van der Waals surface area contributed by atoms with Crippen LogP contribution in [0.5, 0.6) is 5.75 Å². The Bertz CT molecular complexity index is 482. The highest BCUT2D eigenvalue weighted by atomic mass is 79.9. The van der Waals surface area contributed by atoms with Gasteiger partial charge in [-0.05, 0) is 34.1 Å². The molecule has 84 valence electrons. The molecule has 0 saturated carbocycles. The zero-order valence-electron chi connectivity index (χ0n) is 8.42. The SMILES string of the molecule is COC(=O)C1=Cc2c(ccc(Br)c2F)OC1. The van der Waals surface area contributed by atoms with Gasteiger partial charge in [-0.2, -0.15) is 0 Å². The molecule has 3 nitrogen and oxygen atoms in total. The number of halogens is 2. The summed E-state index contributed by atoms with van der Waals surface area (Å²) < 4.78 is 23.8. The summed E-state index contributed by atoms with van der Waals surface area (Å²) in [6, 6.07) is 3.21. The van der Waals surface area contributed by atoms with Gasteiger partial charge in [0.15, 0.2) is 0 Å². The maximum Gasteiger partial charge on any atom is 0.337 e. The van der Waals surface area contributed by atoms with Gasteiger partial charge in [-0.25, -0.2) is 9.18 Å². The summed E-state index contributed by atoms with van der Waals surface area (Å²) in [5.41, 5.74) is 0.563. The Morgan fingerprint density at radius 3 is 3.00 bits per heavy atom. The number of methoxy groups -OCH3 is 1. The molecular formula is C11H8BrFO3. The van der Waals surface area contributed by atoms with Crippen LogP contribution in [0.1, 0.15) is 5.56 Å². The predicted octanol–water partition coefficient (Wildman–Crippen LogP) is 2.54. The molecule has 0 fully saturated rings. The standard InChI is InChI=1S/C11H8BrFO3/c1-15-11(14)6-4-7-9(16-5-6)3-2-8(12)10(7)13/h2-4H,5H2,1H3. The minimum atomic E-state index is -0.509. The summed E-state index contributed by atoms with van der Waals surface area (Å²) in [5.74, 6) is -0.531. The molecule has 1 aromatic carbocycles. The van der Waals surface area contributed by atoms with Crippen molar-refractivity contribution in [3.8, 4) is 5.75 Å². The van der Waals surface area contributed by atoms with Gasteiger partial charge in [0.25, 0.3) is 0 Å². The van der Waals surface area contributed by atoms with Crippen LogP contribution in [0.25, 0.3) is 6.08 Å². The zero-order chi connectivity index (χ0) is 11.7. The van der Waals surface area contributed by atoms with Crippen LogP contribution in [0.15, 0.2) is 22.2 Å². The number of benzene rings is 1. The number of hydrogen-bond donors (Lipinski definition) is 0. The van der Waals surface area contributed by atoms with Crippen LogP contribution in [0, 0.1) is 5.82 Å². The van der Waals surface area contributed by atoms with E-state index in [-0.39, 0.29) is 12.2 Å². The van der Waals surface area contributed by atoms with E-state index in [9.17, 15) is 9.18 Å². The van der Waals surface area contributed by atoms with Crippen LogP contribution in [0.3, 0.4) is 0 Å². The van der Waals surface area contributed by atoms with Crippen molar-refractivity contribution >= 4 is 28.0 Å².